The first kappa shape index (κ1) is 15.4. The van der Waals surface area contributed by atoms with E-state index in [9.17, 15) is 0 Å². The van der Waals surface area contributed by atoms with E-state index in [0.29, 0.717) is 0 Å². The maximum absolute atomic E-state index is 4.85. The van der Waals surface area contributed by atoms with Gasteiger partial charge in [-0.05, 0) is 45.6 Å². The lowest BCUT2D eigenvalue weighted by molar-refractivity contribution is 0.425. The van der Waals surface area contributed by atoms with E-state index in [0.717, 1.165) is 30.2 Å². The van der Waals surface area contributed by atoms with Gasteiger partial charge in [0.2, 0.25) is 0 Å². The average Bonchev–Trinajstić information content (AvgIpc) is 2.79. The van der Waals surface area contributed by atoms with Crippen molar-refractivity contribution in [1.29, 1.82) is 0 Å². The van der Waals surface area contributed by atoms with Crippen LogP contribution >= 0.6 is 11.8 Å². The van der Waals surface area contributed by atoms with E-state index in [1.54, 1.807) is 0 Å². The van der Waals surface area contributed by atoms with Gasteiger partial charge in [-0.2, -0.15) is 0 Å². The Labute approximate surface area is 127 Å². The molecule has 1 aromatic rings. The highest BCUT2D eigenvalue weighted by atomic mass is 32.2. The Morgan fingerprint density at radius 2 is 2.00 bits per heavy atom. The highest BCUT2D eigenvalue weighted by Gasteiger charge is 2.31. The van der Waals surface area contributed by atoms with Crippen molar-refractivity contribution in [1.82, 2.24) is 5.32 Å². The Kier molecular flexibility index (Phi) is 4.79. The van der Waals surface area contributed by atoms with Crippen LogP contribution in [0.5, 0.6) is 0 Å². The van der Waals surface area contributed by atoms with Crippen LogP contribution in [0, 0.1) is 0 Å². The molecule has 1 aliphatic rings. The summed E-state index contributed by atoms with van der Waals surface area (Å²) in [4.78, 5) is 4.85. The van der Waals surface area contributed by atoms with Crippen LogP contribution < -0.4 is 5.32 Å². The summed E-state index contributed by atoms with van der Waals surface area (Å²) in [6, 6.07) is 10.7. The van der Waals surface area contributed by atoms with Crippen LogP contribution in [0.2, 0.25) is 0 Å². The number of benzene rings is 1. The monoisotopic (exact) mass is 290 g/mol. The lowest BCUT2D eigenvalue weighted by Gasteiger charge is -2.27. The third-order valence-corrected chi connectivity index (χ3v) is 5.21. The summed E-state index contributed by atoms with van der Waals surface area (Å²) >= 11 is 1.86. The number of aliphatic imine (C=N–C) groups is 1. The van der Waals surface area contributed by atoms with E-state index >= 15 is 0 Å². The highest BCUT2D eigenvalue weighted by molar-refractivity contribution is 8.14. The second kappa shape index (κ2) is 6.21. The number of amidine groups is 1. The van der Waals surface area contributed by atoms with Gasteiger partial charge < -0.3 is 5.32 Å². The number of hydrogen-bond acceptors (Lipinski definition) is 3. The largest absolute Gasteiger partial charge is 0.360 e. The standard InChI is InChI=1S/C17H26N2S/c1-5-17(4)13-20-15(19-17)18-16(2,3)12-11-14-9-7-6-8-10-14/h6-10H,5,11-13H2,1-4H3,(H,18,19). The van der Waals surface area contributed by atoms with E-state index in [1.165, 1.54) is 5.56 Å². The molecule has 2 nitrogen and oxygen atoms in total. The Morgan fingerprint density at radius 1 is 1.30 bits per heavy atom. The molecule has 110 valence electrons. The van der Waals surface area contributed by atoms with Gasteiger partial charge in [-0.25, -0.2) is 0 Å². The van der Waals surface area contributed by atoms with E-state index in [1.807, 2.05) is 11.8 Å². The lowest BCUT2D eigenvalue weighted by Crippen LogP contribution is -2.42. The number of rotatable bonds is 5. The predicted octanol–water partition coefficient (Wildman–Crippen LogP) is 4.26. The molecule has 0 saturated carbocycles. The number of hydrogen-bond donors (Lipinski definition) is 1. The molecule has 0 aliphatic carbocycles. The summed E-state index contributed by atoms with van der Waals surface area (Å²) in [5, 5.41) is 4.75. The number of aryl methyl sites for hydroxylation is 1. The molecule has 1 aliphatic heterocycles. The van der Waals surface area contributed by atoms with Crippen molar-refractivity contribution in [3.8, 4) is 0 Å². The minimum absolute atomic E-state index is 0.0840. The summed E-state index contributed by atoms with van der Waals surface area (Å²) < 4.78 is 0. The quantitative estimate of drug-likeness (QED) is 0.876. The number of thioether (sulfide) groups is 1. The summed E-state index contributed by atoms with van der Waals surface area (Å²) in [6.07, 6.45) is 3.32. The molecule has 0 spiro atoms. The normalized spacial score (nSPS) is 22.7. The van der Waals surface area contributed by atoms with Gasteiger partial charge in [0.25, 0.3) is 0 Å². The minimum Gasteiger partial charge on any atom is -0.360 e. The molecular formula is C17H26N2S. The third kappa shape index (κ3) is 4.27. The Bertz CT molecular complexity index is 467. The van der Waals surface area contributed by atoms with Gasteiger partial charge in [-0.1, -0.05) is 49.0 Å². The molecule has 1 aromatic carbocycles. The molecule has 1 N–H and O–H groups in total. The predicted molar refractivity (Wildman–Crippen MR) is 90.6 cm³/mol. The minimum atomic E-state index is 0.0840. The first-order chi connectivity index (χ1) is 9.42. The van der Waals surface area contributed by atoms with E-state index in [2.05, 4.69) is 63.3 Å². The van der Waals surface area contributed by atoms with Gasteiger partial charge in [0.05, 0.1) is 5.54 Å². The molecule has 1 unspecified atom stereocenters. The Hall–Kier alpha value is -0.960. The van der Waals surface area contributed by atoms with Crippen molar-refractivity contribution in [2.45, 2.75) is 58.0 Å². The van der Waals surface area contributed by atoms with Crippen molar-refractivity contribution in [2.75, 3.05) is 5.75 Å². The lowest BCUT2D eigenvalue weighted by atomic mass is 9.95. The molecule has 1 heterocycles. The molecule has 0 aromatic heterocycles. The van der Waals surface area contributed by atoms with Crippen molar-refractivity contribution in [3.63, 3.8) is 0 Å². The molecule has 0 bridgehead atoms. The summed E-state index contributed by atoms with van der Waals surface area (Å²) in [7, 11) is 0. The van der Waals surface area contributed by atoms with Crippen LogP contribution in [-0.2, 0) is 6.42 Å². The van der Waals surface area contributed by atoms with Crippen LogP contribution in [0.1, 0.15) is 46.1 Å². The number of nitrogens with one attached hydrogen (secondary N) is 1. The molecule has 0 amide bonds. The fraction of sp³-hybridized carbons (Fsp3) is 0.588. The van der Waals surface area contributed by atoms with Gasteiger partial charge in [0.1, 0.15) is 0 Å². The van der Waals surface area contributed by atoms with E-state index < -0.39 is 0 Å². The maximum atomic E-state index is 4.85. The topological polar surface area (TPSA) is 24.4 Å². The fourth-order valence-electron chi connectivity index (χ4n) is 2.23. The molecule has 20 heavy (non-hydrogen) atoms. The van der Waals surface area contributed by atoms with Crippen molar-refractivity contribution >= 4 is 16.9 Å². The van der Waals surface area contributed by atoms with Crippen LogP contribution in [0.3, 0.4) is 0 Å². The van der Waals surface area contributed by atoms with E-state index in [-0.39, 0.29) is 11.1 Å². The first-order valence-electron chi connectivity index (χ1n) is 7.47. The van der Waals surface area contributed by atoms with Crippen LogP contribution in [0.25, 0.3) is 0 Å². The van der Waals surface area contributed by atoms with Gasteiger partial charge in [0.15, 0.2) is 5.17 Å². The summed E-state index contributed by atoms with van der Waals surface area (Å²) in [6.45, 7) is 8.99. The molecule has 3 heteroatoms. The molecule has 0 radical (unpaired) electrons. The SMILES string of the molecule is CCC1(C)CSC(NC(C)(C)CCc2ccccc2)=N1. The second-order valence-corrected chi connectivity index (χ2v) is 7.51. The number of nitrogens with zero attached hydrogens (tertiary/aromatic N) is 1. The maximum Gasteiger partial charge on any atom is 0.157 e. The third-order valence-electron chi connectivity index (χ3n) is 3.98. The van der Waals surface area contributed by atoms with Crippen molar-refractivity contribution in [3.05, 3.63) is 35.9 Å². The summed E-state index contributed by atoms with van der Waals surface area (Å²) in [5.74, 6) is 1.10. The molecular weight excluding hydrogens is 264 g/mol. The first-order valence-corrected chi connectivity index (χ1v) is 8.46. The van der Waals surface area contributed by atoms with E-state index in [4.69, 9.17) is 4.99 Å². The summed E-state index contributed by atoms with van der Waals surface area (Å²) in [5.41, 5.74) is 1.62. The molecule has 2 rings (SSSR count). The van der Waals surface area contributed by atoms with Crippen molar-refractivity contribution < 1.29 is 0 Å². The van der Waals surface area contributed by atoms with Crippen LogP contribution in [0.15, 0.2) is 35.3 Å². The van der Waals surface area contributed by atoms with Crippen LogP contribution in [-0.4, -0.2) is 22.0 Å². The smallest absolute Gasteiger partial charge is 0.157 e. The van der Waals surface area contributed by atoms with Crippen molar-refractivity contribution in [2.24, 2.45) is 4.99 Å². The van der Waals surface area contributed by atoms with Gasteiger partial charge >= 0.3 is 0 Å². The molecule has 0 fully saturated rings. The zero-order valence-electron chi connectivity index (χ0n) is 13.1. The zero-order valence-corrected chi connectivity index (χ0v) is 13.9. The average molecular weight is 290 g/mol. The zero-order chi connectivity index (χ0) is 14.6. The molecule has 0 saturated heterocycles. The van der Waals surface area contributed by atoms with Gasteiger partial charge in [-0.3, -0.25) is 4.99 Å². The Morgan fingerprint density at radius 3 is 2.60 bits per heavy atom. The fourth-order valence-corrected chi connectivity index (χ4v) is 3.58. The van der Waals surface area contributed by atoms with Crippen LogP contribution in [0.4, 0.5) is 0 Å². The highest BCUT2D eigenvalue weighted by Crippen LogP contribution is 2.30. The second-order valence-electron chi connectivity index (χ2n) is 6.55. The van der Waals surface area contributed by atoms with Gasteiger partial charge in [-0.15, -0.1) is 0 Å². The van der Waals surface area contributed by atoms with Gasteiger partial charge in [0, 0.05) is 11.3 Å². The molecule has 1 atom stereocenters. The Balaban J connectivity index is 1.90.